The fraction of sp³-hybridized carbons (Fsp3) is 0.222. The van der Waals surface area contributed by atoms with E-state index in [9.17, 15) is 14.7 Å². The number of rotatable bonds is 11. The van der Waals surface area contributed by atoms with Crippen LogP contribution in [0.2, 0.25) is 10.0 Å². The molecule has 0 unspecified atom stereocenters. The van der Waals surface area contributed by atoms with Crippen molar-refractivity contribution in [1.82, 2.24) is 10.7 Å². The number of amides is 2. The van der Waals surface area contributed by atoms with E-state index in [1.54, 1.807) is 31.2 Å². The van der Waals surface area contributed by atoms with Gasteiger partial charge in [-0.2, -0.15) is 5.10 Å². The molecule has 0 saturated heterocycles. The van der Waals surface area contributed by atoms with Crippen LogP contribution in [-0.2, 0) is 16.0 Å². The maximum Gasteiger partial charge on any atom is 0.262 e. The Bertz CT molecular complexity index is 1310. The number of hydrogen-bond acceptors (Lipinski definition) is 6. The zero-order chi connectivity index (χ0) is 27.7. The predicted octanol–water partition coefficient (Wildman–Crippen LogP) is 5.35. The molecule has 0 aliphatic carbocycles. The van der Waals surface area contributed by atoms with Gasteiger partial charge in [-0.3, -0.25) is 9.59 Å². The summed E-state index contributed by atoms with van der Waals surface area (Å²) in [4.78, 5) is 26.0. The van der Waals surface area contributed by atoms with Gasteiger partial charge in [0.05, 0.1) is 21.4 Å². The third-order valence-electron chi connectivity index (χ3n) is 5.22. The number of benzene rings is 3. The standard InChI is InChI=1S/C27H26Cl2IN3O5/c1-3-37-24-13-18(11-21(30)25(24)34)15-31-33-27(36)22(12-17-7-5-4-6-8-17)32-26(35)16(2)38-23-10-9-19(28)14-20(23)29/h4-11,13-16,22,34H,3,12H2,1-2H3,(H,32,35)(H,33,36)/b31-15-/t16-,22-/m0/s1. The number of nitrogens with zero attached hydrogens (tertiary/aromatic N) is 1. The average molecular weight is 670 g/mol. The van der Waals surface area contributed by atoms with E-state index < -0.39 is 24.0 Å². The van der Waals surface area contributed by atoms with Gasteiger partial charge in [-0.15, -0.1) is 0 Å². The van der Waals surface area contributed by atoms with Crippen molar-refractivity contribution in [3.63, 3.8) is 0 Å². The molecular formula is C27H26Cl2IN3O5. The molecule has 2 atom stereocenters. The van der Waals surface area contributed by atoms with Gasteiger partial charge in [0.2, 0.25) is 0 Å². The summed E-state index contributed by atoms with van der Waals surface area (Å²) in [5, 5.41) is 17.6. The third kappa shape index (κ3) is 8.50. The summed E-state index contributed by atoms with van der Waals surface area (Å²) in [7, 11) is 0. The van der Waals surface area contributed by atoms with Gasteiger partial charge in [0.15, 0.2) is 17.6 Å². The smallest absolute Gasteiger partial charge is 0.262 e. The van der Waals surface area contributed by atoms with Crippen molar-refractivity contribution in [1.29, 1.82) is 0 Å². The summed E-state index contributed by atoms with van der Waals surface area (Å²) in [6.07, 6.45) is 0.713. The minimum absolute atomic E-state index is 0.0375. The molecular weight excluding hydrogens is 644 g/mol. The third-order valence-corrected chi connectivity index (χ3v) is 6.57. The van der Waals surface area contributed by atoms with Crippen LogP contribution in [0.15, 0.2) is 65.8 Å². The van der Waals surface area contributed by atoms with Crippen molar-refractivity contribution in [3.8, 4) is 17.2 Å². The van der Waals surface area contributed by atoms with Crippen molar-refractivity contribution in [2.24, 2.45) is 5.10 Å². The highest BCUT2D eigenvalue weighted by atomic mass is 127. The first-order valence-electron chi connectivity index (χ1n) is 11.6. The molecule has 0 spiro atoms. The second-order valence-corrected chi connectivity index (χ2v) is 10.1. The highest BCUT2D eigenvalue weighted by molar-refractivity contribution is 14.1. The quantitative estimate of drug-likeness (QED) is 0.145. The SMILES string of the molecule is CCOc1cc(/C=N\NC(=O)[C@H](Cc2ccccc2)NC(=O)[C@H](C)Oc2ccc(Cl)cc2Cl)cc(I)c1O. The summed E-state index contributed by atoms with van der Waals surface area (Å²) >= 11 is 14.1. The van der Waals surface area contributed by atoms with Crippen LogP contribution in [0.5, 0.6) is 17.2 Å². The Morgan fingerprint density at radius 1 is 1.08 bits per heavy atom. The first kappa shape index (κ1) is 29.5. The summed E-state index contributed by atoms with van der Waals surface area (Å²) in [5.74, 6) is -0.381. The monoisotopic (exact) mass is 669 g/mol. The Morgan fingerprint density at radius 3 is 2.50 bits per heavy atom. The minimum atomic E-state index is -0.945. The normalized spacial score (nSPS) is 12.6. The van der Waals surface area contributed by atoms with E-state index in [0.717, 1.165) is 5.56 Å². The van der Waals surface area contributed by atoms with Gasteiger partial charge in [-0.05, 0) is 77.9 Å². The van der Waals surface area contributed by atoms with Crippen LogP contribution in [0.1, 0.15) is 25.0 Å². The van der Waals surface area contributed by atoms with Crippen LogP contribution in [0.4, 0.5) is 0 Å². The molecule has 3 aromatic rings. The average Bonchev–Trinajstić information content (AvgIpc) is 2.88. The highest BCUT2D eigenvalue weighted by Gasteiger charge is 2.25. The summed E-state index contributed by atoms with van der Waals surface area (Å²) in [6.45, 7) is 3.75. The van der Waals surface area contributed by atoms with Gasteiger partial charge in [0, 0.05) is 11.4 Å². The molecule has 0 aliphatic rings. The van der Waals surface area contributed by atoms with Gasteiger partial charge in [0.25, 0.3) is 11.8 Å². The Balaban J connectivity index is 1.72. The molecule has 3 rings (SSSR count). The van der Waals surface area contributed by atoms with E-state index in [1.807, 2.05) is 59.8 Å². The van der Waals surface area contributed by atoms with Crippen LogP contribution >= 0.6 is 45.8 Å². The van der Waals surface area contributed by atoms with Crippen molar-refractivity contribution in [2.45, 2.75) is 32.4 Å². The van der Waals surface area contributed by atoms with Crippen molar-refractivity contribution >= 4 is 63.8 Å². The number of carbonyl (C=O) groups excluding carboxylic acids is 2. The van der Waals surface area contributed by atoms with E-state index in [1.165, 1.54) is 12.3 Å². The molecule has 0 radical (unpaired) electrons. The molecule has 0 saturated carbocycles. The Labute approximate surface area is 244 Å². The zero-order valence-electron chi connectivity index (χ0n) is 20.6. The Kier molecular flexibility index (Phi) is 11.1. The Hall–Kier alpha value is -3.02. The molecule has 200 valence electrons. The molecule has 0 aliphatic heterocycles. The minimum Gasteiger partial charge on any atom is -0.504 e. The number of carbonyl (C=O) groups is 2. The van der Waals surface area contributed by atoms with E-state index in [4.69, 9.17) is 32.7 Å². The predicted molar refractivity (Wildman–Crippen MR) is 156 cm³/mol. The van der Waals surface area contributed by atoms with Crippen LogP contribution in [0.25, 0.3) is 0 Å². The van der Waals surface area contributed by atoms with Crippen LogP contribution in [0.3, 0.4) is 0 Å². The fourth-order valence-electron chi connectivity index (χ4n) is 3.35. The lowest BCUT2D eigenvalue weighted by Gasteiger charge is -2.21. The molecule has 38 heavy (non-hydrogen) atoms. The summed E-state index contributed by atoms with van der Waals surface area (Å²) in [6, 6.07) is 16.3. The van der Waals surface area contributed by atoms with Gasteiger partial charge >= 0.3 is 0 Å². The number of hydrogen-bond donors (Lipinski definition) is 3. The number of ether oxygens (including phenoxy) is 2. The van der Waals surface area contributed by atoms with Crippen LogP contribution < -0.4 is 20.2 Å². The molecule has 0 heterocycles. The van der Waals surface area contributed by atoms with Crippen molar-refractivity contribution in [2.75, 3.05) is 6.61 Å². The van der Waals surface area contributed by atoms with Gasteiger partial charge < -0.3 is 19.9 Å². The van der Waals surface area contributed by atoms with E-state index >= 15 is 0 Å². The second kappa shape index (κ2) is 14.2. The highest BCUT2D eigenvalue weighted by Crippen LogP contribution is 2.32. The van der Waals surface area contributed by atoms with E-state index in [-0.39, 0.29) is 17.2 Å². The molecule has 3 aromatic carbocycles. The number of hydrazone groups is 1. The number of nitrogens with one attached hydrogen (secondary N) is 2. The molecule has 11 heteroatoms. The number of phenolic OH excluding ortho intramolecular Hbond substituents is 1. The zero-order valence-corrected chi connectivity index (χ0v) is 24.3. The molecule has 0 aromatic heterocycles. The van der Waals surface area contributed by atoms with Crippen molar-refractivity contribution < 1.29 is 24.2 Å². The van der Waals surface area contributed by atoms with E-state index in [2.05, 4.69) is 15.8 Å². The second-order valence-electron chi connectivity index (χ2n) is 8.10. The lowest BCUT2D eigenvalue weighted by Crippen LogP contribution is -2.50. The van der Waals surface area contributed by atoms with Gasteiger partial charge in [-0.25, -0.2) is 5.43 Å². The lowest BCUT2D eigenvalue weighted by atomic mass is 10.1. The lowest BCUT2D eigenvalue weighted by molar-refractivity contribution is -0.132. The molecule has 2 amide bonds. The first-order valence-corrected chi connectivity index (χ1v) is 13.5. The maximum absolute atomic E-state index is 13.1. The first-order chi connectivity index (χ1) is 18.2. The largest absolute Gasteiger partial charge is 0.504 e. The number of halogens is 3. The van der Waals surface area contributed by atoms with Crippen LogP contribution in [0, 0.1) is 3.57 Å². The molecule has 8 nitrogen and oxygen atoms in total. The molecule has 0 bridgehead atoms. The van der Waals surface area contributed by atoms with Crippen LogP contribution in [-0.4, -0.2) is 41.9 Å². The summed E-state index contributed by atoms with van der Waals surface area (Å²) < 4.78 is 11.7. The van der Waals surface area contributed by atoms with E-state index in [0.29, 0.717) is 32.3 Å². The fourth-order valence-corrected chi connectivity index (χ4v) is 4.42. The summed E-state index contributed by atoms with van der Waals surface area (Å²) in [5.41, 5.74) is 3.94. The Morgan fingerprint density at radius 2 is 1.82 bits per heavy atom. The number of aromatic hydroxyl groups is 1. The topological polar surface area (TPSA) is 109 Å². The van der Waals surface area contributed by atoms with Gasteiger partial charge in [0.1, 0.15) is 11.8 Å². The van der Waals surface area contributed by atoms with Gasteiger partial charge in [-0.1, -0.05) is 53.5 Å². The van der Waals surface area contributed by atoms with Crippen molar-refractivity contribution in [3.05, 3.63) is 85.4 Å². The molecule has 3 N–H and O–H groups in total. The maximum atomic E-state index is 13.1. The number of phenols is 1. The molecule has 0 fully saturated rings.